The molecule has 0 spiro atoms. The number of hydrogen-bond acceptors (Lipinski definition) is 4. The largest absolute Gasteiger partial charge is 0.494 e. The van der Waals surface area contributed by atoms with E-state index in [1.165, 1.54) is 11.8 Å². The molecule has 0 aliphatic carbocycles. The maximum absolute atomic E-state index is 10.5. The Morgan fingerprint density at radius 2 is 1.77 bits per heavy atom. The molecule has 4 rings (SSSR count). The third kappa shape index (κ3) is 1.83. The van der Waals surface area contributed by atoms with Crippen molar-refractivity contribution in [3.05, 3.63) is 82.7 Å². The van der Waals surface area contributed by atoms with Gasteiger partial charge in [-0.25, -0.2) is 0 Å². The van der Waals surface area contributed by atoms with Crippen LogP contribution in [0.2, 0.25) is 0 Å². The molecule has 2 aromatic carbocycles. The second-order valence-electron chi connectivity index (χ2n) is 5.15. The number of rotatable bonds is 1. The van der Waals surface area contributed by atoms with Crippen LogP contribution in [0.5, 0.6) is 0 Å². The van der Waals surface area contributed by atoms with E-state index in [1.807, 2.05) is 54.6 Å². The number of anilines is 1. The van der Waals surface area contributed by atoms with Gasteiger partial charge in [-0.1, -0.05) is 54.2 Å². The van der Waals surface area contributed by atoms with Crippen LogP contribution in [0.15, 0.2) is 82.1 Å². The summed E-state index contributed by atoms with van der Waals surface area (Å²) in [6, 6.07) is 20.0. The molecule has 0 saturated heterocycles. The molecular formula is C18H12N2OS. The smallest absolute Gasteiger partial charge is 0.193 e. The Morgan fingerprint density at radius 1 is 1.05 bits per heavy atom. The molecule has 1 atom stereocenters. The number of allylic oxidation sites excluding steroid dienone is 2. The number of aliphatic hydroxyl groups is 1. The lowest BCUT2D eigenvalue weighted by atomic mass is 9.90. The molecule has 2 aliphatic heterocycles. The fraction of sp³-hybridized carbons (Fsp3) is 0.0556. The lowest BCUT2D eigenvalue weighted by Gasteiger charge is -2.28. The summed E-state index contributed by atoms with van der Waals surface area (Å²) in [6.45, 7) is 0. The van der Waals surface area contributed by atoms with E-state index >= 15 is 0 Å². The van der Waals surface area contributed by atoms with Gasteiger partial charge < -0.3 is 5.11 Å². The minimum atomic E-state index is -0.209. The van der Waals surface area contributed by atoms with Crippen LogP contribution in [0, 0.1) is 11.3 Å². The molecule has 0 bridgehead atoms. The fourth-order valence-electron chi connectivity index (χ4n) is 2.87. The highest BCUT2D eigenvalue weighted by molar-refractivity contribution is 8.03. The summed E-state index contributed by atoms with van der Waals surface area (Å²) in [4.78, 5) is 2.82. The van der Waals surface area contributed by atoms with Crippen molar-refractivity contribution in [3.8, 4) is 6.07 Å². The van der Waals surface area contributed by atoms with Gasteiger partial charge in [0.1, 0.15) is 5.03 Å². The maximum Gasteiger partial charge on any atom is 0.193 e. The van der Waals surface area contributed by atoms with Crippen molar-refractivity contribution in [2.75, 3.05) is 4.90 Å². The van der Waals surface area contributed by atoms with Crippen LogP contribution < -0.4 is 4.90 Å². The van der Waals surface area contributed by atoms with Gasteiger partial charge in [-0.15, -0.1) is 0 Å². The molecule has 1 N–H and O–H groups in total. The number of fused-ring (bicyclic) bond motifs is 3. The number of hydrogen-bond donors (Lipinski definition) is 1. The molecule has 22 heavy (non-hydrogen) atoms. The SMILES string of the molecule is N#CC1=C2Sc3ccccc3N2C(O)=CC1c1ccccc1. The lowest BCUT2D eigenvalue weighted by molar-refractivity contribution is 0.393. The van der Waals surface area contributed by atoms with Crippen LogP contribution in [0.3, 0.4) is 0 Å². The summed E-state index contributed by atoms with van der Waals surface area (Å²) in [7, 11) is 0. The van der Waals surface area contributed by atoms with Gasteiger partial charge in [-0.2, -0.15) is 5.26 Å². The van der Waals surface area contributed by atoms with E-state index < -0.39 is 0 Å². The molecule has 0 radical (unpaired) electrons. The first-order valence-corrected chi connectivity index (χ1v) is 7.78. The van der Waals surface area contributed by atoms with E-state index in [0.717, 1.165) is 21.2 Å². The quantitative estimate of drug-likeness (QED) is 0.840. The zero-order valence-corrected chi connectivity index (χ0v) is 12.4. The standard InChI is InChI=1S/C18H12N2OS/c19-11-14-13(12-6-2-1-3-7-12)10-17(21)20-15-8-4-5-9-16(15)22-18(14)20/h1-10,13,21H. The Balaban J connectivity index is 1.89. The van der Waals surface area contributed by atoms with E-state index in [4.69, 9.17) is 0 Å². The maximum atomic E-state index is 10.5. The summed E-state index contributed by atoms with van der Waals surface area (Å²) in [5.41, 5.74) is 2.61. The van der Waals surface area contributed by atoms with Crippen LogP contribution in [0.4, 0.5) is 5.69 Å². The van der Waals surface area contributed by atoms with Gasteiger partial charge in [-0.3, -0.25) is 4.90 Å². The molecule has 0 saturated carbocycles. The number of benzene rings is 2. The van der Waals surface area contributed by atoms with Gasteiger partial charge in [0.2, 0.25) is 0 Å². The molecule has 1 unspecified atom stereocenters. The van der Waals surface area contributed by atoms with Crippen LogP contribution in [0.1, 0.15) is 11.5 Å². The third-order valence-corrected chi connectivity index (χ3v) is 5.04. The number of nitrogens with zero attached hydrogens (tertiary/aromatic N) is 2. The summed E-state index contributed by atoms with van der Waals surface area (Å²) in [5.74, 6) is -0.0282. The van der Waals surface area contributed by atoms with E-state index in [9.17, 15) is 10.4 Å². The topological polar surface area (TPSA) is 47.3 Å². The van der Waals surface area contributed by atoms with E-state index in [2.05, 4.69) is 6.07 Å². The van der Waals surface area contributed by atoms with Crippen molar-refractivity contribution in [1.29, 1.82) is 5.26 Å². The van der Waals surface area contributed by atoms with Crippen LogP contribution in [0.25, 0.3) is 0 Å². The first-order chi connectivity index (χ1) is 10.8. The highest BCUT2D eigenvalue weighted by Crippen LogP contribution is 2.52. The monoisotopic (exact) mass is 304 g/mol. The molecule has 0 fully saturated rings. The average Bonchev–Trinajstić information content (AvgIpc) is 2.95. The minimum absolute atomic E-state index is 0.181. The van der Waals surface area contributed by atoms with Crippen molar-refractivity contribution in [1.82, 2.24) is 0 Å². The molecular weight excluding hydrogens is 292 g/mol. The van der Waals surface area contributed by atoms with Crippen molar-refractivity contribution in [2.45, 2.75) is 10.8 Å². The zero-order valence-electron chi connectivity index (χ0n) is 11.6. The average molecular weight is 304 g/mol. The van der Waals surface area contributed by atoms with Gasteiger partial charge in [-0.05, 0) is 23.8 Å². The molecule has 2 aromatic rings. The lowest BCUT2D eigenvalue weighted by Crippen LogP contribution is -2.24. The Morgan fingerprint density at radius 3 is 2.55 bits per heavy atom. The first kappa shape index (κ1) is 13.1. The highest BCUT2D eigenvalue weighted by Gasteiger charge is 2.36. The summed E-state index contributed by atoms with van der Waals surface area (Å²) >= 11 is 1.54. The predicted molar refractivity (Wildman–Crippen MR) is 87.3 cm³/mol. The van der Waals surface area contributed by atoms with Crippen LogP contribution in [-0.4, -0.2) is 5.11 Å². The van der Waals surface area contributed by atoms with Crippen molar-refractivity contribution >= 4 is 17.4 Å². The van der Waals surface area contributed by atoms with Gasteiger partial charge in [0.25, 0.3) is 0 Å². The number of aliphatic hydroxyl groups excluding tert-OH is 1. The van der Waals surface area contributed by atoms with Crippen molar-refractivity contribution in [2.24, 2.45) is 0 Å². The van der Waals surface area contributed by atoms with Gasteiger partial charge >= 0.3 is 0 Å². The Labute approximate surface area is 132 Å². The van der Waals surface area contributed by atoms with Gasteiger partial charge in [0, 0.05) is 10.8 Å². The second kappa shape index (κ2) is 4.97. The normalized spacial score (nSPS) is 19.3. The van der Waals surface area contributed by atoms with E-state index in [-0.39, 0.29) is 11.8 Å². The highest BCUT2D eigenvalue weighted by atomic mass is 32.2. The third-order valence-electron chi connectivity index (χ3n) is 3.88. The summed E-state index contributed by atoms with van der Waals surface area (Å²) in [6.07, 6.45) is 1.75. The molecule has 3 nitrogen and oxygen atoms in total. The van der Waals surface area contributed by atoms with Crippen molar-refractivity contribution < 1.29 is 5.11 Å². The van der Waals surface area contributed by atoms with Gasteiger partial charge in [0.15, 0.2) is 5.88 Å². The van der Waals surface area contributed by atoms with Crippen molar-refractivity contribution in [3.63, 3.8) is 0 Å². The molecule has 4 heteroatoms. The molecule has 2 heterocycles. The fourth-order valence-corrected chi connectivity index (χ4v) is 4.06. The van der Waals surface area contributed by atoms with E-state index in [0.29, 0.717) is 5.57 Å². The molecule has 0 aromatic heterocycles. The molecule has 106 valence electrons. The molecule has 2 aliphatic rings. The Hall–Kier alpha value is -2.64. The van der Waals surface area contributed by atoms with E-state index in [1.54, 1.807) is 11.0 Å². The molecule has 0 amide bonds. The Bertz CT molecular complexity index is 849. The Kier molecular flexibility index (Phi) is 2.95. The first-order valence-electron chi connectivity index (χ1n) is 6.96. The number of para-hydroxylation sites is 1. The minimum Gasteiger partial charge on any atom is -0.494 e. The zero-order chi connectivity index (χ0) is 15.1. The summed E-state index contributed by atoms with van der Waals surface area (Å²) in [5, 5.41) is 21.0. The van der Waals surface area contributed by atoms with Gasteiger partial charge in [0.05, 0.1) is 17.3 Å². The number of thioether (sulfide) groups is 1. The van der Waals surface area contributed by atoms with Crippen LogP contribution in [-0.2, 0) is 0 Å². The predicted octanol–water partition coefficient (Wildman–Crippen LogP) is 4.53. The summed E-state index contributed by atoms with van der Waals surface area (Å²) < 4.78 is 0. The second-order valence-corrected chi connectivity index (χ2v) is 6.18. The number of nitriles is 1. The van der Waals surface area contributed by atoms with Crippen LogP contribution >= 0.6 is 11.8 Å².